The lowest BCUT2D eigenvalue weighted by Crippen LogP contribution is -2.57. The van der Waals surface area contributed by atoms with E-state index in [4.69, 9.17) is 4.74 Å². The molecule has 1 unspecified atom stereocenters. The van der Waals surface area contributed by atoms with Crippen molar-refractivity contribution >= 4 is 22.6 Å². The number of fused-ring (bicyclic) bond motifs is 1. The Balaban J connectivity index is 1.48. The number of ether oxygens (including phenoxy) is 1. The van der Waals surface area contributed by atoms with Crippen LogP contribution in [0.15, 0.2) is 42.5 Å². The van der Waals surface area contributed by atoms with E-state index >= 15 is 0 Å². The number of morpholine rings is 1. The summed E-state index contributed by atoms with van der Waals surface area (Å²) in [6.45, 7) is 8.06. The highest BCUT2D eigenvalue weighted by Crippen LogP contribution is 2.20. The van der Waals surface area contributed by atoms with Crippen LogP contribution in [0.1, 0.15) is 25.8 Å². The summed E-state index contributed by atoms with van der Waals surface area (Å²) in [6.07, 6.45) is 1.19. The monoisotopic (exact) mass is 397 g/mol. The first-order chi connectivity index (χ1) is 14.0. The summed E-state index contributed by atoms with van der Waals surface area (Å²) in [4.78, 5) is 27.0. The van der Waals surface area contributed by atoms with Gasteiger partial charge in [0, 0.05) is 25.2 Å². The molecule has 0 saturated carbocycles. The Kier molecular flexibility index (Phi) is 7.23. The molecule has 2 amide bonds. The fourth-order valence-corrected chi connectivity index (χ4v) is 3.78. The van der Waals surface area contributed by atoms with Gasteiger partial charge >= 0.3 is 0 Å². The highest BCUT2D eigenvalue weighted by molar-refractivity contribution is 5.91. The van der Waals surface area contributed by atoms with E-state index in [2.05, 4.69) is 29.4 Å². The lowest BCUT2D eigenvalue weighted by molar-refractivity contribution is -0.126. The lowest BCUT2D eigenvalue weighted by atomic mass is 9.95. The minimum Gasteiger partial charge on any atom is -0.379 e. The van der Waals surface area contributed by atoms with E-state index < -0.39 is 0 Å². The zero-order valence-electron chi connectivity index (χ0n) is 17.4. The van der Waals surface area contributed by atoms with Crippen molar-refractivity contribution in [2.75, 3.05) is 39.4 Å². The second kappa shape index (κ2) is 9.85. The van der Waals surface area contributed by atoms with Crippen LogP contribution in [-0.2, 0) is 20.7 Å². The molecule has 6 nitrogen and oxygen atoms in total. The van der Waals surface area contributed by atoms with Crippen molar-refractivity contribution in [2.24, 2.45) is 0 Å². The second-order valence-electron chi connectivity index (χ2n) is 7.82. The van der Waals surface area contributed by atoms with E-state index in [1.54, 1.807) is 0 Å². The van der Waals surface area contributed by atoms with Crippen LogP contribution in [-0.4, -0.2) is 61.6 Å². The van der Waals surface area contributed by atoms with Crippen LogP contribution >= 0.6 is 0 Å². The fourth-order valence-electron chi connectivity index (χ4n) is 3.78. The average molecular weight is 398 g/mol. The number of carbonyl (C=O) groups excluding carboxylic acids is 2. The third kappa shape index (κ3) is 5.55. The van der Waals surface area contributed by atoms with Crippen molar-refractivity contribution in [1.82, 2.24) is 15.5 Å². The van der Waals surface area contributed by atoms with Gasteiger partial charge in [-0.25, -0.2) is 0 Å². The summed E-state index contributed by atoms with van der Waals surface area (Å²) >= 11 is 0. The number of benzene rings is 2. The SMILES string of the molecule is CCC(C)(CNC(=O)CNC(=O)Cc1cccc2ccccc12)N1CCOCC1. The van der Waals surface area contributed by atoms with Crippen LogP contribution in [0.5, 0.6) is 0 Å². The molecule has 6 heteroatoms. The van der Waals surface area contributed by atoms with E-state index in [0.717, 1.165) is 49.1 Å². The van der Waals surface area contributed by atoms with Gasteiger partial charge in [-0.2, -0.15) is 0 Å². The van der Waals surface area contributed by atoms with Gasteiger partial charge in [0.25, 0.3) is 0 Å². The summed E-state index contributed by atoms with van der Waals surface area (Å²) in [6, 6.07) is 13.9. The predicted octanol–water partition coefficient (Wildman–Crippen LogP) is 2.12. The van der Waals surface area contributed by atoms with Crippen LogP contribution in [0.3, 0.4) is 0 Å². The second-order valence-corrected chi connectivity index (χ2v) is 7.82. The lowest BCUT2D eigenvalue weighted by Gasteiger charge is -2.43. The van der Waals surface area contributed by atoms with Crippen molar-refractivity contribution in [2.45, 2.75) is 32.2 Å². The van der Waals surface area contributed by atoms with Crippen LogP contribution in [0, 0.1) is 0 Å². The Bertz CT molecular complexity index is 843. The van der Waals surface area contributed by atoms with Crippen LogP contribution in [0.4, 0.5) is 0 Å². The number of nitrogens with zero attached hydrogens (tertiary/aromatic N) is 1. The number of rotatable bonds is 8. The van der Waals surface area contributed by atoms with E-state index in [-0.39, 0.29) is 30.3 Å². The fraction of sp³-hybridized carbons (Fsp3) is 0.478. The third-order valence-corrected chi connectivity index (χ3v) is 5.88. The number of carbonyl (C=O) groups is 2. The van der Waals surface area contributed by atoms with Gasteiger partial charge in [0.2, 0.25) is 11.8 Å². The van der Waals surface area contributed by atoms with Gasteiger partial charge < -0.3 is 15.4 Å². The smallest absolute Gasteiger partial charge is 0.239 e. The molecule has 0 radical (unpaired) electrons. The molecule has 156 valence electrons. The molecule has 2 aromatic rings. The Morgan fingerprint density at radius 3 is 2.52 bits per heavy atom. The Morgan fingerprint density at radius 2 is 1.76 bits per heavy atom. The van der Waals surface area contributed by atoms with E-state index in [0.29, 0.717) is 6.54 Å². The first-order valence-corrected chi connectivity index (χ1v) is 10.3. The zero-order valence-corrected chi connectivity index (χ0v) is 17.4. The van der Waals surface area contributed by atoms with Crippen molar-refractivity contribution in [1.29, 1.82) is 0 Å². The highest BCUT2D eigenvalue weighted by atomic mass is 16.5. The van der Waals surface area contributed by atoms with Gasteiger partial charge in [0.1, 0.15) is 0 Å². The summed E-state index contributed by atoms with van der Waals surface area (Å²) in [5, 5.41) is 7.91. The first kappa shape index (κ1) is 21.3. The molecule has 1 fully saturated rings. The van der Waals surface area contributed by atoms with E-state index in [1.807, 2.05) is 42.5 Å². The Hall–Kier alpha value is -2.44. The van der Waals surface area contributed by atoms with Crippen LogP contribution in [0.25, 0.3) is 10.8 Å². The molecule has 2 aromatic carbocycles. The van der Waals surface area contributed by atoms with E-state index in [9.17, 15) is 9.59 Å². The first-order valence-electron chi connectivity index (χ1n) is 10.3. The maximum Gasteiger partial charge on any atom is 0.239 e. The number of nitrogens with one attached hydrogen (secondary N) is 2. The minimum absolute atomic E-state index is 0.00744. The average Bonchev–Trinajstić information content (AvgIpc) is 2.77. The molecule has 0 aromatic heterocycles. The molecule has 3 rings (SSSR count). The van der Waals surface area contributed by atoms with Crippen molar-refractivity contribution in [3.63, 3.8) is 0 Å². The van der Waals surface area contributed by atoms with Crippen molar-refractivity contribution < 1.29 is 14.3 Å². The standard InChI is InChI=1S/C23H31N3O3/c1-3-23(2,26-11-13-29-14-12-26)17-25-22(28)16-24-21(27)15-19-9-6-8-18-7-4-5-10-20(18)19/h4-10H,3,11-17H2,1-2H3,(H,24,27)(H,25,28). The molecule has 1 atom stereocenters. The van der Waals surface area contributed by atoms with Gasteiger partial charge in [-0.1, -0.05) is 49.4 Å². The van der Waals surface area contributed by atoms with Crippen molar-refractivity contribution in [3.8, 4) is 0 Å². The molecule has 2 N–H and O–H groups in total. The van der Waals surface area contributed by atoms with Gasteiger partial charge in [-0.05, 0) is 29.7 Å². The summed E-state index contributed by atoms with van der Waals surface area (Å²) < 4.78 is 5.43. The molecule has 0 spiro atoms. The van der Waals surface area contributed by atoms with Gasteiger partial charge in [-0.15, -0.1) is 0 Å². The molecule has 1 aliphatic rings. The van der Waals surface area contributed by atoms with E-state index in [1.165, 1.54) is 0 Å². The largest absolute Gasteiger partial charge is 0.379 e. The topological polar surface area (TPSA) is 70.7 Å². The zero-order chi connectivity index (χ0) is 20.7. The van der Waals surface area contributed by atoms with Gasteiger partial charge in [0.05, 0.1) is 26.2 Å². The maximum absolute atomic E-state index is 12.4. The molecule has 1 aliphatic heterocycles. The number of amides is 2. The third-order valence-electron chi connectivity index (χ3n) is 5.88. The number of hydrogen-bond acceptors (Lipinski definition) is 4. The molecular formula is C23H31N3O3. The Morgan fingerprint density at radius 1 is 1.03 bits per heavy atom. The van der Waals surface area contributed by atoms with Gasteiger partial charge in [0.15, 0.2) is 0 Å². The van der Waals surface area contributed by atoms with Crippen LogP contribution < -0.4 is 10.6 Å². The predicted molar refractivity (Wildman–Crippen MR) is 115 cm³/mol. The quantitative estimate of drug-likeness (QED) is 0.716. The van der Waals surface area contributed by atoms with Crippen LogP contribution in [0.2, 0.25) is 0 Å². The summed E-state index contributed by atoms with van der Waals surface area (Å²) in [5.41, 5.74) is 0.860. The van der Waals surface area contributed by atoms with Gasteiger partial charge in [-0.3, -0.25) is 14.5 Å². The minimum atomic E-state index is -0.163. The maximum atomic E-state index is 12.4. The Labute approximate surface area is 172 Å². The molecule has 1 heterocycles. The highest BCUT2D eigenvalue weighted by Gasteiger charge is 2.31. The molecule has 0 bridgehead atoms. The molecule has 1 saturated heterocycles. The summed E-state index contributed by atoms with van der Waals surface area (Å²) in [5.74, 6) is -0.313. The molecule has 0 aliphatic carbocycles. The van der Waals surface area contributed by atoms with Crippen molar-refractivity contribution in [3.05, 3.63) is 48.0 Å². The normalized spacial score (nSPS) is 16.9. The number of hydrogen-bond donors (Lipinski definition) is 2. The molecular weight excluding hydrogens is 366 g/mol. The summed E-state index contributed by atoms with van der Waals surface area (Å²) in [7, 11) is 0. The molecule has 29 heavy (non-hydrogen) atoms.